The third-order valence-corrected chi connectivity index (χ3v) is 3.59. The first-order valence-electron chi connectivity index (χ1n) is 7.10. The SMILES string of the molecule is CCCC(NCC(CC)CC)c1ccccc1. The fraction of sp³-hybridized carbons (Fsp3) is 0.625. The molecule has 0 aromatic heterocycles. The molecule has 1 rings (SSSR count). The molecule has 0 bridgehead atoms. The van der Waals surface area contributed by atoms with Gasteiger partial charge in [-0.25, -0.2) is 0 Å². The highest BCUT2D eigenvalue weighted by Gasteiger charge is 2.11. The van der Waals surface area contributed by atoms with Gasteiger partial charge in [-0.1, -0.05) is 70.4 Å². The molecule has 0 heterocycles. The third-order valence-electron chi connectivity index (χ3n) is 3.59. The quantitative estimate of drug-likeness (QED) is 0.694. The van der Waals surface area contributed by atoms with Crippen molar-refractivity contribution in [2.45, 2.75) is 52.5 Å². The lowest BCUT2D eigenvalue weighted by molar-refractivity contribution is 0.398. The second-order valence-electron chi connectivity index (χ2n) is 4.84. The van der Waals surface area contributed by atoms with Gasteiger partial charge in [0.1, 0.15) is 0 Å². The Hall–Kier alpha value is -0.820. The fourth-order valence-corrected chi connectivity index (χ4v) is 2.25. The summed E-state index contributed by atoms with van der Waals surface area (Å²) in [7, 11) is 0. The van der Waals surface area contributed by atoms with E-state index in [1.807, 2.05) is 0 Å². The molecule has 0 fully saturated rings. The molecule has 1 unspecified atom stereocenters. The number of benzene rings is 1. The Labute approximate surface area is 107 Å². The molecule has 17 heavy (non-hydrogen) atoms. The van der Waals surface area contributed by atoms with Crippen LogP contribution in [0.25, 0.3) is 0 Å². The normalized spacial score (nSPS) is 12.9. The summed E-state index contributed by atoms with van der Waals surface area (Å²) < 4.78 is 0. The maximum absolute atomic E-state index is 3.74. The Bertz CT molecular complexity index is 277. The standard InChI is InChI=1S/C16H27N/c1-4-10-16(15-11-8-7-9-12-15)17-13-14(5-2)6-3/h7-9,11-12,14,16-17H,4-6,10,13H2,1-3H3. The Morgan fingerprint density at radius 1 is 1.00 bits per heavy atom. The summed E-state index contributed by atoms with van der Waals surface area (Å²) in [4.78, 5) is 0. The first-order chi connectivity index (χ1) is 8.31. The van der Waals surface area contributed by atoms with Gasteiger partial charge < -0.3 is 5.32 Å². The highest BCUT2D eigenvalue weighted by molar-refractivity contribution is 5.18. The molecule has 0 amide bonds. The monoisotopic (exact) mass is 233 g/mol. The molecule has 1 N–H and O–H groups in total. The maximum atomic E-state index is 3.74. The van der Waals surface area contributed by atoms with Gasteiger partial charge in [0.15, 0.2) is 0 Å². The van der Waals surface area contributed by atoms with Crippen molar-refractivity contribution in [1.82, 2.24) is 5.32 Å². The van der Waals surface area contributed by atoms with Gasteiger partial charge in [0.05, 0.1) is 0 Å². The van der Waals surface area contributed by atoms with Crippen LogP contribution in [0.1, 0.15) is 58.1 Å². The molecule has 0 aliphatic rings. The maximum Gasteiger partial charge on any atom is 0.0320 e. The summed E-state index contributed by atoms with van der Waals surface area (Å²) in [5, 5.41) is 3.74. The summed E-state index contributed by atoms with van der Waals surface area (Å²) in [6.07, 6.45) is 5.01. The van der Waals surface area contributed by atoms with Crippen molar-refractivity contribution in [3.63, 3.8) is 0 Å². The molecular formula is C16H27N. The van der Waals surface area contributed by atoms with Crippen LogP contribution >= 0.6 is 0 Å². The number of nitrogens with one attached hydrogen (secondary N) is 1. The lowest BCUT2D eigenvalue weighted by Gasteiger charge is -2.22. The molecule has 0 saturated heterocycles. The minimum atomic E-state index is 0.529. The van der Waals surface area contributed by atoms with Crippen LogP contribution in [0.3, 0.4) is 0 Å². The van der Waals surface area contributed by atoms with Crippen molar-refractivity contribution < 1.29 is 0 Å². The second kappa shape index (κ2) is 8.30. The summed E-state index contributed by atoms with van der Waals surface area (Å²) in [6.45, 7) is 7.97. The Morgan fingerprint density at radius 3 is 2.18 bits per heavy atom. The average Bonchev–Trinajstić information content (AvgIpc) is 2.39. The zero-order valence-corrected chi connectivity index (χ0v) is 11.6. The van der Waals surface area contributed by atoms with E-state index < -0.39 is 0 Å². The summed E-state index contributed by atoms with van der Waals surface area (Å²) in [5.74, 6) is 0.818. The smallest absolute Gasteiger partial charge is 0.0320 e. The van der Waals surface area contributed by atoms with Crippen molar-refractivity contribution in [2.24, 2.45) is 5.92 Å². The lowest BCUT2D eigenvalue weighted by Crippen LogP contribution is -2.27. The van der Waals surface area contributed by atoms with E-state index in [4.69, 9.17) is 0 Å². The molecule has 0 aliphatic carbocycles. The zero-order valence-electron chi connectivity index (χ0n) is 11.6. The molecule has 0 saturated carbocycles. The van der Waals surface area contributed by atoms with Crippen LogP contribution in [0.15, 0.2) is 30.3 Å². The van der Waals surface area contributed by atoms with E-state index in [1.165, 1.54) is 31.2 Å². The van der Waals surface area contributed by atoms with Crippen LogP contribution in [0.5, 0.6) is 0 Å². The summed E-state index contributed by atoms with van der Waals surface area (Å²) in [5.41, 5.74) is 1.43. The molecular weight excluding hydrogens is 206 g/mol. The van der Waals surface area contributed by atoms with Crippen LogP contribution < -0.4 is 5.32 Å². The van der Waals surface area contributed by atoms with Crippen molar-refractivity contribution in [2.75, 3.05) is 6.54 Å². The number of rotatable bonds is 8. The number of hydrogen-bond acceptors (Lipinski definition) is 1. The molecule has 1 atom stereocenters. The van der Waals surface area contributed by atoms with Gasteiger partial charge in [0.25, 0.3) is 0 Å². The van der Waals surface area contributed by atoms with Crippen LogP contribution in [0.2, 0.25) is 0 Å². The van der Waals surface area contributed by atoms with E-state index in [-0.39, 0.29) is 0 Å². The molecule has 0 radical (unpaired) electrons. The van der Waals surface area contributed by atoms with Gasteiger partial charge in [0, 0.05) is 6.04 Å². The Balaban J connectivity index is 2.55. The van der Waals surface area contributed by atoms with Crippen LogP contribution in [-0.2, 0) is 0 Å². The molecule has 1 heteroatoms. The van der Waals surface area contributed by atoms with Crippen molar-refractivity contribution in [3.8, 4) is 0 Å². The lowest BCUT2D eigenvalue weighted by atomic mass is 9.99. The van der Waals surface area contributed by atoms with Gasteiger partial charge in [-0.2, -0.15) is 0 Å². The molecule has 0 aliphatic heterocycles. The predicted octanol–water partition coefficient (Wildman–Crippen LogP) is 4.55. The molecule has 1 aromatic carbocycles. The predicted molar refractivity (Wildman–Crippen MR) is 76.2 cm³/mol. The van der Waals surface area contributed by atoms with E-state index in [9.17, 15) is 0 Å². The van der Waals surface area contributed by atoms with Crippen molar-refractivity contribution in [3.05, 3.63) is 35.9 Å². The van der Waals surface area contributed by atoms with Gasteiger partial charge >= 0.3 is 0 Å². The topological polar surface area (TPSA) is 12.0 Å². The van der Waals surface area contributed by atoms with E-state index >= 15 is 0 Å². The van der Waals surface area contributed by atoms with Gasteiger partial charge in [-0.15, -0.1) is 0 Å². The molecule has 1 nitrogen and oxygen atoms in total. The third kappa shape index (κ3) is 4.91. The first kappa shape index (κ1) is 14.2. The first-order valence-corrected chi connectivity index (χ1v) is 7.10. The van der Waals surface area contributed by atoms with E-state index in [2.05, 4.69) is 56.4 Å². The minimum Gasteiger partial charge on any atom is -0.310 e. The fourth-order valence-electron chi connectivity index (χ4n) is 2.25. The van der Waals surface area contributed by atoms with Gasteiger partial charge in [-0.05, 0) is 24.4 Å². The Morgan fingerprint density at radius 2 is 1.65 bits per heavy atom. The van der Waals surface area contributed by atoms with E-state index in [1.54, 1.807) is 0 Å². The van der Waals surface area contributed by atoms with Gasteiger partial charge in [0.2, 0.25) is 0 Å². The summed E-state index contributed by atoms with van der Waals surface area (Å²) >= 11 is 0. The number of hydrogen-bond donors (Lipinski definition) is 1. The molecule has 96 valence electrons. The van der Waals surface area contributed by atoms with Crippen LogP contribution in [-0.4, -0.2) is 6.54 Å². The highest BCUT2D eigenvalue weighted by Crippen LogP contribution is 2.19. The van der Waals surface area contributed by atoms with Crippen LogP contribution in [0.4, 0.5) is 0 Å². The van der Waals surface area contributed by atoms with E-state index in [0.717, 1.165) is 12.5 Å². The largest absolute Gasteiger partial charge is 0.310 e. The molecule has 0 spiro atoms. The Kier molecular flexibility index (Phi) is 6.95. The van der Waals surface area contributed by atoms with E-state index in [0.29, 0.717) is 6.04 Å². The van der Waals surface area contributed by atoms with Crippen molar-refractivity contribution >= 4 is 0 Å². The van der Waals surface area contributed by atoms with Crippen LogP contribution in [0, 0.1) is 5.92 Å². The van der Waals surface area contributed by atoms with Gasteiger partial charge in [-0.3, -0.25) is 0 Å². The van der Waals surface area contributed by atoms with Crippen molar-refractivity contribution in [1.29, 1.82) is 0 Å². The minimum absolute atomic E-state index is 0.529. The second-order valence-corrected chi connectivity index (χ2v) is 4.84. The molecule has 1 aromatic rings. The summed E-state index contributed by atoms with van der Waals surface area (Å²) in [6, 6.07) is 11.4. The average molecular weight is 233 g/mol. The zero-order chi connectivity index (χ0) is 12.5. The highest BCUT2D eigenvalue weighted by atomic mass is 14.9.